The van der Waals surface area contributed by atoms with E-state index in [1.807, 2.05) is 59.5 Å². The van der Waals surface area contributed by atoms with E-state index < -0.39 is 4.87 Å². The van der Waals surface area contributed by atoms with E-state index in [4.69, 9.17) is 0 Å². The van der Waals surface area contributed by atoms with E-state index in [-0.39, 0.29) is 11.8 Å². The number of thioether (sulfide) groups is 1. The Hall–Kier alpha value is -2.83. The summed E-state index contributed by atoms with van der Waals surface area (Å²) < 4.78 is 0. The maximum absolute atomic E-state index is 14.2. The summed E-state index contributed by atoms with van der Waals surface area (Å²) in [4.78, 5) is 31.6. The first-order chi connectivity index (χ1) is 16.1. The lowest BCUT2D eigenvalue weighted by molar-refractivity contribution is -0.904. The summed E-state index contributed by atoms with van der Waals surface area (Å²) in [7, 11) is 0. The number of piperidine rings is 1. The first kappa shape index (κ1) is 20.8. The zero-order valence-electron chi connectivity index (χ0n) is 18.8. The molecule has 5 nitrogen and oxygen atoms in total. The molecule has 0 radical (unpaired) electrons. The minimum atomic E-state index is -1.03. The molecule has 0 bridgehead atoms. The van der Waals surface area contributed by atoms with E-state index >= 15 is 0 Å². The predicted octanol–water partition coefficient (Wildman–Crippen LogP) is 3.39. The Morgan fingerprint density at radius 2 is 1.70 bits per heavy atom. The first-order valence-electron chi connectivity index (χ1n) is 11.8. The molecule has 1 atom stereocenters. The minimum Gasteiger partial charge on any atom is -0.317 e. The molecule has 6 heteroatoms. The zero-order valence-corrected chi connectivity index (χ0v) is 19.6. The van der Waals surface area contributed by atoms with Crippen LogP contribution in [0.25, 0.3) is 10.8 Å². The van der Waals surface area contributed by atoms with Gasteiger partial charge in [0.25, 0.3) is 5.91 Å². The number of fused-ring (bicyclic) bond motifs is 3. The van der Waals surface area contributed by atoms with Crippen LogP contribution in [0, 0.1) is 5.92 Å². The van der Waals surface area contributed by atoms with Gasteiger partial charge in [0.2, 0.25) is 10.8 Å². The number of rotatable bonds is 3. The summed E-state index contributed by atoms with van der Waals surface area (Å²) in [5, 5.41) is 2.19. The molecule has 33 heavy (non-hydrogen) atoms. The third-order valence-corrected chi connectivity index (χ3v) is 8.80. The average molecular weight is 459 g/mol. The van der Waals surface area contributed by atoms with Crippen LogP contribution in [0.15, 0.2) is 66.7 Å². The molecule has 0 unspecified atom stereocenters. The summed E-state index contributed by atoms with van der Waals surface area (Å²) in [5.41, 5.74) is 2.67. The van der Waals surface area contributed by atoms with Crippen LogP contribution in [0.1, 0.15) is 25.3 Å². The lowest BCUT2D eigenvalue weighted by atomic mass is 10.00. The molecule has 0 aromatic heterocycles. The van der Waals surface area contributed by atoms with Crippen LogP contribution >= 0.6 is 11.8 Å². The van der Waals surface area contributed by atoms with Gasteiger partial charge in [0, 0.05) is 11.3 Å². The third-order valence-electron chi connectivity index (χ3n) is 7.42. The van der Waals surface area contributed by atoms with E-state index in [1.165, 1.54) is 29.5 Å². The quantitative estimate of drug-likeness (QED) is 0.655. The smallest absolute Gasteiger partial charge is 0.273 e. The number of amides is 2. The van der Waals surface area contributed by atoms with E-state index in [9.17, 15) is 9.59 Å². The van der Waals surface area contributed by atoms with E-state index in [0.717, 1.165) is 46.7 Å². The summed E-state index contributed by atoms with van der Waals surface area (Å²) in [6.07, 6.45) is 2.39. The molecule has 1 spiro atoms. The van der Waals surface area contributed by atoms with E-state index in [1.54, 1.807) is 4.90 Å². The second-order valence-electron chi connectivity index (χ2n) is 9.53. The molecule has 0 aliphatic carbocycles. The molecule has 1 N–H and O–H groups in total. The lowest BCUT2D eigenvalue weighted by Gasteiger charge is -2.34. The summed E-state index contributed by atoms with van der Waals surface area (Å²) in [6, 6.07) is 22.2. The van der Waals surface area contributed by atoms with Gasteiger partial charge in [-0.1, -0.05) is 55.5 Å². The monoisotopic (exact) mass is 458 g/mol. The SMILES string of the molecule is CC1CC[NH+](CN2C(=O)[C@]3(SCC(=O)N3c3ccc4ccccc4c3)c3ccccc32)CC1. The topological polar surface area (TPSA) is 45.1 Å². The first-order valence-corrected chi connectivity index (χ1v) is 12.8. The highest BCUT2D eigenvalue weighted by molar-refractivity contribution is 8.02. The van der Waals surface area contributed by atoms with Crippen molar-refractivity contribution in [2.45, 2.75) is 24.6 Å². The van der Waals surface area contributed by atoms with Crippen molar-refractivity contribution in [3.63, 3.8) is 0 Å². The van der Waals surface area contributed by atoms with Gasteiger partial charge in [0.05, 0.1) is 24.5 Å². The largest absolute Gasteiger partial charge is 0.317 e. The Labute approximate surface area is 198 Å². The second kappa shape index (κ2) is 7.89. The van der Waals surface area contributed by atoms with Crippen LogP contribution in [-0.2, 0) is 14.5 Å². The van der Waals surface area contributed by atoms with E-state index in [2.05, 4.69) is 19.1 Å². The maximum Gasteiger partial charge on any atom is 0.273 e. The molecule has 3 aliphatic heterocycles. The molecule has 3 heterocycles. The summed E-state index contributed by atoms with van der Waals surface area (Å²) in [6.45, 7) is 5.13. The number of likely N-dealkylation sites (tertiary alicyclic amines) is 1. The van der Waals surface area contributed by atoms with E-state index in [0.29, 0.717) is 12.4 Å². The van der Waals surface area contributed by atoms with Crippen LogP contribution in [0.3, 0.4) is 0 Å². The number of benzene rings is 3. The highest BCUT2D eigenvalue weighted by Gasteiger charge is 2.61. The molecule has 3 aromatic carbocycles. The molecule has 2 fully saturated rings. The number of anilines is 2. The highest BCUT2D eigenvalue weighted by atomic mass is 32.2. The van der Waals surface area contributed by atoms with Crippen LogP contribution in [-0.4, -0.2) is 37.3 Å². The second-order valence-corrected chi connectivity index (χ2v) is 10.7. The number of carbonyl (C=O) groups excluding carboxylic acids is 2. The highest BCUT2D eigenvalue weighted by Crippen LogP contribution is 2.55. The number of hydrogen-bond donors (Lipinski definition) is 1. The fourth-order valence-electron chi connectivity index (χ4n) is 5.58. The van der Waals surface area contributed by atoms with Crippen molar-refractivity contribution in [3.8, 4) is 0 Å². The van der Waals surface area contributed by atoms with Crippen molar-refractivity contribution in [1.29, 1.82) is 0 Å². The number of nitrogens with zero attached hydrogens (tertiary/aromatic N) is 2. The average Bonchev–Trinajstić information content (AvgIpc) is 3.31. The number of nitrogens with one attached hydrogen (secondary N) is 1. The normalized spacial score (nSPS) is 27.1. The van der Waals surface area contributed by atoms with Gasteiger partial charge in [0.15, 0.2) is 6.67 Å². The summed E-state index contributed by atoms with van der Waals surface area (Å²) >= 11 is 1.46. The minimum absolute atomic E-state index is 0.0128. The van der Waals surface area contributed by atoms with Crippen molar-refractivity contribution < 1.29 is 14.5 Å². The summed E-state index contributed by atoms with van der Waals surface area (Å²) in [5.74, 6) is 1.06. The number of carbonyl (C=O) groups is 2. The van der Waals surface area contributed by atoms with Crippen LogP contribution in [0.5, 0.6) is 0 Å². The third kappa shape index (κ3) is 3.19. The lowest BCUT2D eigenvalue weighted by Crippen LogP contribution is -3.14. The van der Waals surface area contributed by atoms with Crippen molar-refractivity contribution in [3.05, 3.63) is 72.3 Å². The van der Waals surface area contributed by atoms with Gasteiger partial charge in [-0.15, -0.1) is 11.8 Å². The fourth-order valence-corrected chi connectivity index (χ4v) is 6.94. The van der Waals surface area contributed by atoms with Gasteiger partial charge >= 0.3 is 0 Å². The van der Waals surface area contributed by atoms with Crippen molar-refractivity contribution in [1.82, 2.24) is 0 Å². The molecular formula is C27H28N3O2S+. The Morgan fingerprint density at radius 3 is 2.52 bits per heavy atom. The van der Waals surface area contributed by atoms with Gasteiger partial charge in [0.1, 0.15) is 0 Å². The Kier molecular flexibility index (Phi) is 4.96. The Balaban J connectivity index is 1.43. The van der Waals surface area contributed by atoms with Gasteiger partial charge < -0.3 is 4.90 Å². The Morgan fingerprint density at radius 1 is 0.970 bits per heavy atom. The molecule has 168 valence electrons. The number of hydrogen-bond acceptors (Lipinski definition) is 3. The standard InChI is InChI=1S/C27H27N3O2S/c1-19-12-14-28(15-13-19)18-29-24-9-5-4-8-23(24)27(26(29)32)30(25(31)17-33-27)22-11-10-20-6-2-3-7-21(20)16-22/h2-11,16,19H,12-15,17-18H2,1H3/p+1/t27-/m1/s1. The van der Waals surface area contributed by atoms with Gasteiger partial charge in [-0.2, -0.15) is 0 Å². The molecule has 6 rings (SSSR count). The van der Waals surface area contributed by atoms with Gasteiger partial charge in [-0.3, -0.25) is 19.4 Å². The van der Waals surface area contributed by atoms with Crippen LogP contribution < -0.4 is 14.7 Å². The maximum atomic E-state index is 14.2. The van der Waals surface area contributed by atoms with Gasteiger partial charge in [-0.05, 0) is 47.7 Å². The van der Waals surface area contributed by atoms with Gasteiger partial charge in [-0.25, -0.2) is 0 Å². The molecule has 3 aromatic rings. The zero-order chi connectivity index (χ0) is 22.6. The fraction of sp³-hybridized carbons (Fsp3) is 0.333. The number of para-hydroxylation sites is 1. The Bertz CT molecular complexity index is 1250. The number of quaternary nitrogens is 1. The molecule has 2 saturated heterocycles. The molecule has 2 amide bonds. The van der Waals surface area contributed by atoms with Crippen molar-refractivity contribution in [2.24, 2.45) is 5.92 Å². The molecular weight excluding hydrogens is 430 g/mol. The van der Waals surface area contributed by atoms with Crippen LogP contribution in [0.4, 0.5) is 11.4 Å². The van der Waals surface area contributed by atoms with Crippen molar-refractivity contribution in [2.75, 3.05) is 35.3 Å². The molecule has 3 aliphatic rings. The molecule has 0 saturated carbocycles. The predicted molar refractivity (Wildman–Crippen MR) is 133 cm³/mol. The van der Waals surface area contributed by atoms with Crippen molar-refractivity contribution >= 4 is 45.7 Å². The van der Waals surface area contributed by atoms with Crippen LogP contribution in [0.2, 0.25) is 0 Å².